The van der Waals surface area contributed by atoms with Gasteiger partial charge in [-0.2, -0.15) is 0 Å². The van der Waals surface area contributed by atoms with E-state index in [1.165, 1.54) is 0 Å². The van der Waals surface area contributed by atoms with E-state index in [0.29, 0.717) is 11.8 Å². The van der Waals surface area contributed by atoms with Gasteiger partial charge in [0.25, 0.3) is 0 Å². The van der Waals surface area contributed by atoms with Crippen LogP contribution in [0.5, 0.6) is 0 Å². The first-order valence-corrected chi connectivity index (χ1v) is 6.42. The zero-order chi connectivity index (χ0) is 11.9. The highest BCUT2D eigenvalue weighted by Gasteiger charge is 2.34. The molecule has 2 N–H and O–H groups in total. The van der Waals surface area contributed by atoms with Gasteiger partial charge >= 0.3 is 0 Å². The van der Waals surface area contributed by atoms with Crippen LogP contribution in [0.2, 0.25) is 0 Å². The van der Waals surface area contributed by atoms with Crippen LogP contribution >= 0.6 is 15.9 Å². The van der Waals surface area contributed by atoms with Gasteiger partial charge in [0, 0.05) is 23.1 Å². The number of nitrogens with two attached hydrogens (primary N) is 1. The maximum absolute atomic E-state index is 11.9. The Balaban J connectivity index is 2.37. The van der Waals surface area contributed by atoms with Crippen molar-refractivity contribution < 1.29 is 4.79 Å². The summed E-state index contributed by atoms with van der Waals surface area (Å²) >= 11 is 3.49. The van der Waals surface area contributed by atoms with E-state index in [2.05, 4.69) is 28.9 Å². The summed E-state index contributed by atoms with van der Waals surface area (Å²) in [6.45, 7) is 2.19. The number of likely N-dealkylation sites (tertiary alicyclic amines) is 1. The third-order valence-corrected chi connectivity index (χ3v) is 4.04. The van der Waals surface area contributed by atoms with Crippen LogP contribution in [0.1, 0.15) is 19.8 Å². The zero-order valence-electron chi connectivity index (χ0n) is 9.61. The number of nitrogens with zero attached hydrogens (tertiary/aromatic N) is 1. The molecule has 0 radical (unpaired) electrons. The number of fused-ring (bicyclic) bond motifs is 1. The van der Waals surface area contributed by atoms with E-state index in [1.54, 1.807) is 4.90 Å². The average molecular weight is 285 g/mol. The number of hydrogen-bond donors (Lipinski definition) is 1. The molecule has 3 atom stereocenters. The standard InChI is InChI=1S/C12H17BrN2O/c1-7-5-8(13)6-11-9(7)3-4-10(14)12(16)15(11)2/h5-7,9-10H,3-4,14H2,1-2H3/t7?,9?,10-/m0/s1. The van der Waals surface area contributed by atoms with Crippen molar-refractivity contribution in [2.45, 2.75) is 25.8 Å². The highest BCUT2D eigenvalue weighted by atomic mass is 79.9. The first kappa shape index (κ1) is 11.9. The predicted molar refractivity (Wildman–Crippen MR) is 67.7 cm³/mol. The van der Waals surface area contributed by atoms with Gasteiger partial charge in [-0.3, -0.25) is 4.79 Å². The Morgan fingerprint density at radius 1 is 1.50 bits per heavy atom. The molecule has 1 amide bonds. The molecule has 16 heavy (non-hydrogen) atoms. The topological polar surface area (TPSA) is 46.3 Å². The van der Waals surface area contributed by atoms with Crippen molar-refractivity contribution in [1.29, 1.82) is 0 Å². The molecule has 0 bridgehead atoms. The second-order valence-corrected chi connectivity index (χ2v) is 5.58. The number of allylic oxidation sites excluding steroid dienone is 4. The van der Waals surface area contributed by atoms with E-state index in [4.69, 9.17) is 5.73 Å². The minimum absolute atomic E-state index is 0.0307. The third-order valence-electron chi connectivity index (χ3n) is 3.55. The molecular weight excluding hydrogens is 268 g/mol. The van der Waals surface area contributed by atoms with Crippen LogP contribution in [-0.4, -0.2) is 23.9 Å². The fourth-order valence-corrected chi connectivity index (χ4v) is 3.20. The van der Waals surface area contributed by atoms with Gasteiger partial charge in [-0.25, -0.2) is 0 Å². The van der Waals surface area contributed by atoms with Crippen LogP contribution in [0.3, 0.4) is 0 Å². The average Bonchev–Trinajstić information content (AvgIpc) is 2.32. The summed E-state index contributed by atoms with van der Waals surface area (Å²) in [5.41, 5.74) is 6.95. The second-order valence-electron chi connectivity index (χ2n) is 4.67. The van der Waals surface area contributed by atoms with Gasteiger partial charge in [0.1, 0.15) is 0 Å². The van der Waals surface area contributed by atoms with Crippen LogP contribution in [-0.2, 0) is 4.79 Å². The summed E-state index contributed by atoms with van der Waals surface area (Å²) in [5.74, 6) is 0.905. The first-order valence-electron chi connectivity index (χ1n) is 5.62. The molecule has 1 aliphatic carbocycles. The lowest BCUT2D eigenvalue weighted by Gasteiger charge is -2.31. The molecule has 0 spiro atoms. The van der Waals surface area contributed by atoms with E-state index < -0.39 is 0 Å². The van der Waals surface area contributed by atoms with Crippen molar-refractivity contribution >= 4 is 21.8 Å². The molecular formula is C12H17BrN2O. The van der Waals surface area contributed by atoms with Crippen LogP contribution in [0.15, 0.2) is 22.3 Å². The quantitative estimate of drug-likeness (QED) is 0.740. The predicted octanol–water partition coefficient (Wildman–Crippen LogP) is 1.99. The lowest BCUT2D eigenvalue weighted by atomic mass is 9.83. The molecule has 0 aromatic rings. The zero-order valence-corrected chi connectivity index (χ0v) is 11.2. The van der Waals surface area contributed by atoms with Crippen molar-refractivity contribution in [3.8, 4) is 0 Å². The number of halogens is 1. The van der Waals surface area contributed by atoms with Gasteiger partial charge in [-0.1, -0.05) is 28.9 Å². The molecule has 0 aromatic heterocycles. The third kappa shape index (κ3) is 1.96. The Morgan fingerprint density at radius 2 is 2.19 bits per heavy atom. The molecule has 0 aromatic carbocycles. The van der Waals surface area contributed by atoms with Crippen molar-refractivity contribution in [1.82, 2.24) is 4.90 Å². The lowest BCUT2D eigenvalue weighted by molar-refractivity contribution is -0.129. The maximum Gasteiger partial charge on any atom is 0.243 e. The molecule has 88 valence electrons. The number of likely N-dealkylation sites (N-methyl/N-ethyl adjacent to an activating group) is 1. The minimum Gasteiger partial charge on any atom is -0.320 e. The SMILES string of the molecule is CC1C=C(Br)C=C2C1CC[C@H](N)C(=O)N2C. The Bertz CT molecular complexity index is 375. The van der Waals surface area contributed by atoms with Crippen molar-refractivity contribution in [2.24, 2.45) is 17.6 Å². The van der Waals surface area contributed by atoms with E-state index >= 15 is 0 Å². The molecule has 3 nitrogen and oxygen atoms in total. The van der Waals surface area contributed by atoms with Crippen LogP contribution in [0.4, 0.5) is 0 Å². The summed E-state index contributed by atoms with van der Waals surface area (Å²) < 4.78 is 1.06. The molecule has 2 aliphatic rings. The summed E-state index contributed by atoms with van der Waals surface area (Å²) in [7, 11) is 1.82. The van der Waals surface area contributed by atoms with Gasteiger partial charge in [0.15, 0.2) is 0 Å². The van der Waals surface area contributed by atoms with Gasteiger partial charge in [-0.05, 0) is 24.8 Å². The van der Waals surface area contributed by atoms with E-state index in [0.717, 1.165) is 23.0 Å². The number of carbonyl (C=O) groups is 1. The fraction of sp³-hybridized carbons (Fsp3) is 0.583. The monoisotopic (exact) mass is 284 g/mol. The van der Waals surface area contributed by atoms with Gasteiger partial charge in [0.2, 0.25) is 5.91 Å². The molecule has 0 saturated carbocycles. The number of amides is 1. The number of rotatable bonds is 0. The smallest absolute Gasteiger partial charge is 0.243 e. The minimum atomic E-state index is -0.345. The van der Waals surface area contributed by atoms with Crippen LogP contribution < -0.4 is 5.73 Å². The van der Waals surface area contributed by atoms with E-state index in [9.17, 15) is 4.79 Å². The number of hydrogen-bond acceptors (Lipinski definition) is 2. The summed E-state index contributed by atoms with van der Waals surface area (Å²) in [6.07, 6.45) is 6.01. The molecule has 2 unspecified atom stereocenters. The fourth-order valence-electron chi connectivity index (χ4n) is 2.55. The number of carbonyl (C=O) groups excluding carboxylic acids is 1. The molecule has 1 fully saturated rings. The van der Waals surface area contributed by atoms with Crippen molar-refractivity contribution in [2.75, 3.05) is 7.05 Å². The van der Waals surface area contributed by atoms with Gasteiger partial charge < -0.3 is 10.6 Å². The molecule has 1 saturated heterocycles. The van der Waals surface area contributed by atoms with Crippen molar-refractivity contribution in [3.05, 3.63) is 22.3 Å². The summed E-state index contributed by atoms with van der Waals surface area (Å²) in [5, 5.41) is 0. The Hall–Kier alpha value is -0.610. The molecule has 1 aliphatic heterocycles. The first-order chi connectivity index (χ1) is 7.50. The second kappa shape index (κ2) is 4.34. The molecule has 1 heterocycles. The highest BCUT2D eigenvalue weighted by Crippen LogP contribution is 2.37. The Morgan fingerprint density at radius 3 is 2.88 bits per heavy atom. The van der Waals surface area contributed by atoms with Crippen LogP contribution in [0.25, 0.3) is 0 Å². The van der Waals surface area contributed by atoms with Gasteiger partial charge in [0.05, 0.1) is 6.04 Å². The highest BCUT2D eigenvalue weighted by molar-refractivity contribution is 9.11. The summed E-state index contributed by atoms with van der Waals surface area (Å²) in [6, 6.07) is -0.345. The van der Waals surface area contributed by atoms with Crippen LogP contribution in [0, 0.1) is 11.8 Å². The van der Waals surface area contributed by atoms with E-state index in [-0.39, 0.29) is 11.9 Å². The lowest BCUT2D eigenvalue weighted by Crippen LogP contribution is -2.40. The largest absolute Gasteiger partial charge is 0.320 e. The molecule has 2 rings (SSSR count). The Labute approximate surface area is 104 Å². The Kier molecular flexibility index (Phi) is 3.22. The normalized spacial score (nSPS) is 35.1. The summed E-state index contributed by atoms with van der Waals surface area (Å²) in [4.78, 5) is 13.7. The maximum atomic E-state index is 11.9. The van der Waals surface area contributed by atoms with E-state index in [1.807, 2.05) is 13.1 Å². The van der Waals surface area contributed by atoms with Gasteiger partial charge in [-0.15, -0.1) is 0 Å². The van der Waals surface area contributed by atoms with Crippen molar-refractivity contribution in [3.63, 3.8) is 0 Å². The molecule has 4 heteroatoms.